The van der Waals surface area contributed by atoms with Crippen molar-refractivity contribution in [1.82, 2.24) is 4.90 Å². The van der Waals surface area contributed by atoms with Gasteiger partial charge in [0, 0.05) is 12.7 Å². The first kappa shape index (κ1) is 21.6. The smallest absolute Gasteiger partial charge is 0.336 e. The second kappa shape index (κ2) is 8.75. The molecule has 0 bridgehead atoms. The Kier molecular flexibility index (Phi) is 6.31. The summed E-state index contributed by atoms with van der Waals surface area (Å²) in [5.41, 5.74) is -0.258. The van der Waals surface area contributed by atoms with Gasteiger partial charge in [-0.2, -0.15) is 13.2 Å². The van der Waals surface area contributed by atoms with E-state index in [1.54, 1.807) is 0 Å². The van der Waals surface area contributed by atoms with Gasteiger partial charge in [-0.25, -0.2) is 0 Å². The standard InChI is InChI=1S/C22H18ClF3N2O2/c1-28(21(30)11-15-7-4-6-14-5-2-3-8-17(14)15)13-20(29)27-16-9-10-19(23)18(12-16)22(24,25)26/h2-10,12H,11,13H2,1H3,(H,27,29). The maximum atomic E-state index is 13.0. The van der Waals surface area contributed by atoms with Crippen molar-refractivity contribution in [2.24, 2.45) is 0 Å². The molecule has 3 rings (SSSR count). The molecule has 156 valence electrons. The van der Waals surface area contributed by atoms with E-state index < -0.39 is 22.7 Å². The van der Waals surface area contributed by atoms with Gasteiger partial charge in [-0.05, 0) is 34.5 Å². The van der Waals surface area contributed by atoms with Crippen LogP contribution in [-0.2, 0) is 22.2 Å². The van der Waals surface area contributed by atoms with E-state index in [9.17, 15) is 22.8 Å². The number of benzene rings is 3. The molecule has 8 heteroatoms. The summed E-state index contributed by atoms with van der Waals surface area (Å²) in [7, 11) is 1.47. The first-order chi connectivity index (χ1) is 14.1. The number of amides is 2. The zero-order valence-corrected chi connectivity index (χ0v) is 16.7. The second-order valence-electron chi connectivity index (χ2n) is 6.81. The highest BCUT2D eigenvalue weighted by Gasteiger charge is 2.33. The maximum Gasteiger partial charge on any atom is 0.417 e. The number of halogens is 4. The van der Waals surface area contributed by atoms with E-state index in [1.807, 2.05) is 42.5 Å². The van der Waals surface area contributed by atoms with Crippen molar-refractivity contribution in [3.05, 3.63) is 76.8 Å². The Balaban J connectivity index is 1.65. The monoisotopic (exact) mass is 434 g/mol. The van der Waals surface area contributed by atoms with Crippen LogP contribution < -0.4 is 5.32 Å². The van der Waals surface area contributed by atoms with Crippen molar-refractivity contribution < 1.29 is 22.8 Å². The molecule has 30 heavy (non-hydrogen) atoms. The molecular weight excluding hydrogens is 417 g/mol. The molecule has 0 aliphatic heterocycles. The topological polar surface area (TPSA) is 49.4 Å². The lowest BCUT2D eigenvalue weighted by atomic mass is 10.0. The number of anilines is 1. The lowest BCUT2D eigenvalue weighted by Crippen LogP contribution is -2.35. The highest BCUT2D eigenvalue weighted by Crippen LogP contribution is 2.36. The number of fused-ring (bicyclic) bond motifs is 1. The van der Waals surface area contributed by atoms with Crippen LogP contribution in [0.25, 0.3) is 10.8 Å². The third kappa shape index (κ3) is 5.10. The van der Waals surface area contributed by atoms with Crippen molar-refractivity contribution >= 4 is 39.9 Å². The molecule has 0 saturated carbocycles. The van der Waals surface area contributed by atoms with Crippen LogP contribution in [0.5, 0.6) is 0 Å². The zero-order chi connectivity index (χ0) is 21.9. The SMILES string of the molecule is CN(CC(=O)Nc1ccc(Cl)c(C(F)(F)F)c1)C(=O)Cc1cccc2ccccc12. The van der Waals surface area contributed by atoms with Crippen LogP contribution in [0.1, 0.15) is 11.1 Å². The largest absolute Gasteiger partial charge is 0.417 e. The van der Waals surface area contributed by atoms with Crippen LogP contribution in [-0.4, -0.2) is 30.3 Å². The van der Waals surface area contributed by atoms with Gasteiger partial charge >= 0.3 is 6.18 Å². The van der Waals surface area contributed by atoms with Gasteiger partial charge in [-0.1, -0.05) is 54.1 Å². The van der Waals surface area contributed by atoms with E-state index in [1.165, 1.54) is 18.0 Å². The van der Waals surface area contributed by atoms with Gasteiger partial charge in [0.15, 0.2) is 0 Å². The molecule has 0 aliphatic carbocycles. The maximum absolute atomic E-state index is 13.0. The van der Waals surface area contributed by atoms with Gasteiger partial charge in [-0.3, -0.25) is 9.59 Å². The van der Waals surface area contributed by atoms with Crippen molar-refractivity contribution in [1.29, 1.82) is 0 Å². The summed E-state index contributed by atoms with van der Waals surface area (Å²) in [6, 6.07) is 16.4. The van der Waals surface area contributed by atoms with E-state index in [0.717, 1.165) is 28.5 Å². The minimum Gasteiger partial charge on any atom is -0.336 e. The average Bonchev–Trinajstić information content (AvgIpc) is 2.68. The summed E-state index contributed by atoms with van der Waals surface area (Å²) in [5, 5.41) is 3.87. The van der Waals surface area contributed by atoms with Gasteiger partial charge in [-0.15, -0.1) is 0 Å². The number of nitrogens with zero attached hydrogens (tertiary/aromatic N) is 1. The fourth-order valence-corrected chi connectivity index (χ4v) is 3.29. The molecule has 0 heterocycles. The average molecular weight is 435 g/mol. The predicted octanol–water partition coefficient (Wildman–Crippen LogP) is 5.15. The Hall–Kier alpha value is -3.06. The number of hydrogen-bond donors (Lipinski definition) is 1. The van der Waals surface area contributed by atoms with Crippen LogP contribution in [0, 0.1) is 0 Å². The van der Waals surface area contributed by atoms with Crippen LogP contribution in [0.2, 0.25) is 5.02 Å². The van der Waals surface area contributed by atoms with Gasteiger partial charge in [0.2, 0.25) is 11.8 Å². The molecule has 0 saturated heterocycles. The Morgan fingerprint density at radius 3 is 2.47 bits per heavy atom. The third-order valence-electron chi connectivity index (χ3n) is 4.58. The second-order valence-corrected chi connectivity index (χ2v) is 7.21. The Morgan fingerprint density at radius 1 is 1.03 bits per heavy atom. The van der Waals surface area contributed by atoms with Crippen LogP contribution >= 0.6 is 11.6 Å². The van der Waals surface area contributed by atoms with Gasteiger partial charge in [0.1, 0.15) is 0 Å². The lowest BCUT2D eigenvalue weighted by Gasteiger charge is -2.18. The number of rotatable bonds is 5. The summed E-state index contributed by atoms with van der Waals surface area (Å²) in [6.45, 7) is -0.298. The quantitative estimate of drug-likeness (QED) is 0.603. The highest BCUT2D eigenvalue weighted by atomic mass is 35.5. The molecule has 0 fully saturated rings. The lowest BCUT2D eigenvalue weighted by molar-refractivity contribution is -0.137. The zero-order valence-electron chi connectivity index (χ0n) is 16.0. The summed E-state index contributed by atoms with van der Waals surface area (Å²) >= 11 is 5.58. The molecule has 0 aromatic heterocycles. The normalized spacial score (nSPS) is 11.4. The Morgan fingerprint density at radius 2 is 1.73 bits per heavy atom. The Bertz CT molecular complexity index is 1090. The van der Waals surface area contributed by atoms with E-state index in [-0.39, 0.29) is 24.6 Å². The molecule has 0 unspecified atom stereocenters. The predicted molar refractivity (Wildman–Crippen MR) is 110 cm³/mol. The number of hydrogen-bond acceptors (Lipinski definition) is 2. The minimum absolute atomic E-state index is 0.0494. The molecule has 0 spiro atoms. The fraction of sp³-hybridized carbons (Fsp3) is 0.182. The van der Waals surface area contributed by atoms with Gasteiger partial charge in [0.05, 0.1) is 23.6 Å². The number of alkyl halides is 3. The third-order valence-corrected chi connectivity index (χ3v) is 4.91. The summed E-state index contributed by atoms with van der Waals surface area (Å²) < 4.78 is 38.9. The van der Waals surface area contributed by atoms with Gasteiger partial charge < -0.3 is 10.2 Å². The number of carbonyl (C=O) groups is 2. The van der Waals surface area contributed by atoms with Crippen molar-refractivity contribution in [2.45, 2.75) is 12.6 Å². The molecule has 4 nitrogen and oxygen atoms in total. The summed E-state index contributed by atoms with van der Waals surface area (Å²) in [4.78, 5) is 26.0. The fourth-order valence-electron chi connectivity index (χ4n) is 3.07. The number of likely N-dealkylation sites (N-methyl/N-ethyl adjacent to an activating group) is 1. The minimum atomic E-state index is -4.64. The van der Waals surface area contributed by atoms with Crippen molar-refractivity contribution in [2.75, 3.05) is 18.9 Å². The number of carbonyl (C=O) groups excluding carboxylic acids is 2. The van der Waals surface area contributed by atoms with E-state index in [4.69, 9.17) is 11.6 Å². The molecule has 0 aliphatic rings. The molecule has 0 atom stereocenters. The van der Waals surface area contributed by atoms with Crippen LogP contribution in [0.3, 0.4) is 0 Å². The summed E-state index contributed by atoms with van der Waals surface area (Å²) in [6.07, 6.45) is -4.53. The van der Waals surface area contributed by atoms with Crippen LogP contribution in [0.15, 0.2) is 60.7 Å². The van der Waals surface area contributed by atoms with E-state index in [2.05, 4.69) is 5.32 Å². The van der Waals surface area contributed by atoms with Crippen LogP contribution in [0.4, 0.5) is 18.9 Å². The van der Waals surface area contributed by atoms with Crippen molar-refractivity contribution in [3.8, 4) is 0 Å². The van der Waals surface area contributed by atoms with E-state index in [0.29, 0.717) is 0 Å². The molecule has 2 amide bonds. The molecule has 3 aromatic rings. The molecular formula is C22H18ClF3N2O2. The molecule has 3 aromatic carbocycles. The molecule has 1 N–H and O–H groups in total. The van der Waals surface area contributed by atoms with Gasteiger partial charge in [0.25, 0.3) is 0 Å². The Labute approximate surface area is 176 Å². The first-order valence-corrected chi connectivity index (χ1v) is 9.40. The summed E-state index contributed by atoms with van der Waals surface area (Å²) in [5.74, 6) is -0.896. The first-order valence-electron chi connectivity index (χ1n) is 9.02. The number of nitrogens with one attached hydrogen (secondary N) is 1. The highest BCUT2D eigenvalue weighted by molar-refractivity contribution is 6.31. The van der Waals surface area contributed by atoms with Crippen molar-refractivity contribution in [3.63, 3.8) is 0 Å². The molecule has 0 radical (unpaired) electrons. The van der Waals surface area contributed by atoms with E-state index >= 15 is 0 Å².